The van der Waals surface area contributed by atoms with Crippen LogP contribution in [0.2, 0.25) is 0 Å². The van der Waals surface area contributed by atoms with Gasteiger partial charge in [-0.2, -0.15) is 0 Å². The topological polar surface area (TPSA) is 55.8 Å². The van der Waals surface area contributed by atoms with Crippen molar-refractivity contribution >= 4 is 28.6 Å². The standard InChI is InChI=1S/C14H17IO4/c1-14(2)18-8-11(19-14)7-12(13(16)17)9-3-5-10(15)6-4-9/h3-6,11-12H,7-8H2,1-2H3,(H,16,17)/t11-,12?/m0/s1. The summed E-state index contributed by atoms with van der Waals surface area (Å²) in [6.45, 7) is 4.13. The summed E-state index contributed by atoms with van der Waals surface area (Å²) in [6.07, 6.45) is 0.259. The zero-order valence-electron chi connectivity index (χ0n) is 10.9. The molecule has 5 heteroatoms. The minimum Gasteiger partial charge on any atom is -0.481 e. The molecule has 1 aromatic carbocycles. The van der Waals surface area contributed by atoms with Crippen molar-refractivity contribution in [3.8, 4) is 0 Å². The van der Waals surface area contributed by atoms with Crippen LogP contribution in [0, 0.1) is 3.57 Å². The predicted molar refractivity (Wildman–Crippen MR) is 79.1 cm³/mol. The minimum atomic E-state index is -0.825. The van der Waals surface area contributed by atoms with Gasteiger partial charge >= 0.3 is 5.97 Å². The van der Waals surface area contributed by atoms with Crippen molar-refractivity contribution in [2.24, 2.45) is 0 Å². The van der Waals surface area contributed by atoms with Gasteiger partial charge in [-0.15, -0.1) is 0 Å². The number of aliphatic carboxylic acids is 1. The summed E-state index contributed by atoms with van der Waals surface area (Å²) in [4.78, 5) is 11.4. The first-order valence-corrected chi connectivity index (χ1v) is 7.25. The third-order valence-corrected chi connectivity index (χ3v) is 3.86. The number of halogens is 1. The fourth-order valence-corrected chi connectivity index (χ4v) is 2.58. The van der Waals surface area contributed by atoms with Gasteiger partial charge in [0, 0.05) is 3.57 Å². The number of hydrogen-bond donors (Lipinski definition) is 1. The third-order valence-electron chi connectivity index (χ3n) is 3.14. The lowest BCUT2D eigenvalue weighted by molar-refractivity contribution is -0.146. The summed E-state index contributed by atoms with van der Waals surface area (Å²) in [7, 11) is 0. The van der Waals surface area contributed by atoms with E-state index in [0.29, 0.717) is 13.0 Å². The lowest BCUT2D eigenvalue weighted by atomic mass is 9.93. The fourth-order valence-electron chi connectivity index (χ4n) is 2.22. The van der Waals surface area contributed by atoms with Crippen LogP contribution in [0.1, 0.15) is 31.7 Å². The van der Waals surface area contributed by atoms with Crippen LogP contribution in [-0.2, 0) is 14.3 Å². The SMILES string of the molecule is CC1(C)OC[C@H](CC(C(=O)O)c2ccc(I)cc2)O1. The molecule has 1 unspecified atom stereocenters. The van der Waals surface area contributed by atoms with Gasteiger partial charge in [-0.25, -0.2) is 0 Å². The highest BCUT2D eigenvalue weighted by atomic mass is 127. The number of carboxylic acid groups (broad SMARTS) is 1. The Morgan fingerprint density at radius 1 is 1.47 bits per heavy atom. The van der Waals surface area contributed by atoms with E-state index < -0.39 is 17.7 Å². The smallest absolute Gasteiger partial charge is 0.311 e. The highest BCUT2D eigenvalue weighted by Gasteiger charge is 2.35. The molecule has 1 heterocycles. The van der Waals surface area contributed by atoms with Gasteiger partial charge in [-0.05, 0) is 60.6 Å². The first-order chi connectivity index (χ1) is 8.87. The number of benzene rings is 1. The lowest BCUT2D eigenvalue weighted by Crippen LogP contribution is -2.24. The molecule has 2 rings (SSSR count). The normalized spacial score (nSPS) is 23.2. The first-order valence-electron chi connectivity index (χ1n) is 6.17. The van der Waals surface area contributed by atoms with Crippen LogP contribution in [-0.4, -0.2) is 29.6 Å². The molecule has 19 heavy (non-hydrogen) atoms. The largest absolute Gasteiger partial charge is 0.481 e. The van der Waals surface area contributed by atoms with E-state index in [0.717, 1.165) is 9.13 Å². The molecule has 0 bridgehead atoms. The molecule has 0 aromatic heterocycles. The van der Waals surface area contributed by atoms with Crippen molar-refractivity contribution < 1.29 is 19.4 Å². The molecule has 0 radical (unpaired) electrons. The first kappa shape index (κ1) is 14.7. The van der Waals surface area contributed by atoms with Gasteiger partial charge in [0.05, 0.1) is 18.6 Å². The average Bonchev–Trinajstić information content (AvgIpc) is 2.67. The van der Waals surface area contributed by atoms with Gasteiger partial charge in [0.2, 0.25) is 0 Å². The molecule has 1 aliphatic heterocycles. The van der Waals surface area contributed by atoms with Crippen molar-refractivity contribution in [3.05, 3.63) is 33.4 Å². The monoisotopic (exact) mass is 376 g/mol. The van der Waals surface area contributed by atoms with E-state index in [9.17, 15) is 9.90 Å². The molecule has 0 aliphatic carbocycles. The van der Waals surface area contributed by atoms with Crippen molar-refractivity contribution in [1.29, 1.82) is 0 Å². The molecule has 1 fully saturated rings. The minimum absolute atomic E-state index is 0.171. The van der Waals surface area contributed by atoms with E-state index in [1.165, 1.54) is 0 Å². The summed E-state index contributed by atoms with van der Waals surface area (Å²) < 4.78 is 12.2. The van der Waals surface area contributed by atoms with E-state index in [4.69, 9.17) is 9.47 Å². The van der Waals surface area contributed by atoms with Crippen molar-refractivity contribution in [1.82, 2.24) is 0 Å². The van der Waals surface area contributed by atoms with E-state index in [2.05, 4.69) is 22.6 Å². The van der Waals surface area contributed by atoms with Gasteiger partial charge in [0.15, 0.2) is 5.79 Å². The summed E-state index contributed by atoms with van der Waals surface area (Å²) in [5.41, 5.74) is 0.807. The highest BCUT2D eigenvalue weighted by molar-refractivity contribution is 14.1. The van der Waals surface area contributed by atoms with Crippen LogP contribution in [0.25, 0.3) is 0 Å². The molecular weight excluding hydrogens is 359 g/mol. The summed E-state index contributed by atoms with van der Waals surface area (Å²) >= 11 is 2.20. The molecule has 2 atom stereocenters. The Balaban J connectivity index is 2.09. The van der Waals surface area contributed by atoms with Crippen molar-refractivity contribution in [2.75, 3.05) is 6.61 Å². The molecular formula is C14H17IO4. The summed E-state index contributed by atoms with van der Waals surface area (Å²) in [6, 6.07) is 7.56. The van der Waals surface area contributed by atoms with E-state index in [1.54, 1.807) is 0 Å². The molecule has 0 amide bonds. The molecule has 0 saturated carbocycles. The van der Waals surface area contributed by atoms with E-state index in [-0.39, 0.29) is 6.10 Å². The van der Waals surface area contributed by atoms with Crippen LogP contribution < -0.4 is 0 Å². The number of rotatable bonds is 4. The Morgan fingerprint density at radius 2 is 2.11 bits per heavy atom. The Hall–Kier alpha value is -0.660. The van der Waals surface area contributed by atoms with Gasteiger partial charge < -0.3 is 14.6 Å². The second-order valence-corrected chi connectivity index (χ2v) is 6.37. The van der Waals surface area contributed by atoms with Crippen LogP contribution in [0.15, 0.2) is 24.3 Å². The molecule has 1 aliphatic rings. The van der Waals surface area contributed by atoms with Crippen LogP contribution in [0.5, 0.6) is 0 Å². The maximum atomic E-state index is 11.4. The third kappa shape index (κ3) is 3.90. The molecule has 104 valence electrons. The molecule has 0 spiro atoms. The van der Waals surface area contributed by atoms with Gasteiger partial charge in [-0.3, -0.25) is 4.79 Å². The molecule has 1 saturated heterocycles. The zero-order chi connectivity index (χ0) is 14.0. The van der Waals surface area contributed by atoms with Gasteiger partial charge in [-0.1, -0.05) is 12.1 Å². The highest BCUT2D eigenvalue weighted by Crippen LogP contribution is 2.30. The second kappa shape index (κ2) is 5.76. The van der Waals surface area contributed by atoms with Crippen molar-refractivity contribution in [3.63, 3.8) is 0 Å². The lowest BCUT2D eigenvalue weighted by Gasteiger charge is -2.19. The zero-order valence-corrected chi connectivity index (χ0v) is 13.1. The van der Waals surface area contributed by atoms with Gasteiger partial charge in [0.25, 0.3) is 0 Å². The van der Waals surface area contributed by atoms with Crippen LogP contribution in [0.3, 0.4) is 0 Å². The number of hydrogen-bond acceptors (Lipinski definition) is 3. The second-order valence-electron chi connectivity index (χ2n) is 5.13. The molecule has 1 aromatic rings. The van der Waals surface area contributed by atoms with E-state index in [1.807, 2.05) is 38.1 Å². The molecule has 4 nitrogen and oxygen atoms in total. The van der Waals surface area contributed by atoms with Gasteiger partial charge in [0.1, 0.15) is 0 Å². The molecule has 1 N–H and O–H groups in total. The predicted octanol–water partition coefficient (Wildman–Crippen LogP) is 3.00. The Kier molecular flexibility index (Phi) is 4.47. The quantitative estimate of drug-likeness (QED) is 0.821. The number of carbonyl (C=O) groups is 1. The van der Waals surface area contributed by atoms with E-state index >= 15 is 0 Å². The Bertz CT molecular complexity index is 455. The summed E-state index contributed by atoms with van der Waals surface area (Å²) in [5.74, 6) is -1.99. The Labute approximate surface area is 126 Å². The number of carboxylic acids is 1. The van der Waals surface area contributed by atoms with Crippen molar-refractivity contribution in [2.45, 2.75) is 38.1 Å². The maximum Gasteiger partial charge on any atom is 0.311 e. The average molecular weight is 376 g/mol. The Morgan fingerprint density at radius 3 is 2.58 bits per heavy atom. The summed E-state index contributed by atoms with van der Waals surface area (Å²) in [5, 5.41) is 9.39. The van der Waals surface area contributed by atoms with Crippen LogP contribution in [0.4, 0.5) is 0 Å². The van der Waals surface area contributed by atoms with Crippen LogP contribution >= 0.6 is 22.6 Å². The number of ether oxygens (including phenoxy) is 2. The maximum absolute atomic E-state index is 11.4. The fraction of sp³-hybridized carbons (Fsp3) is 0.500.